The van der Waals surface area contributed by atoms with Gasteiger partial charge >= 0.3 is 6.18 Å². The Hall–Kier alpha value is -2.11. The molecule has 1 aliphatic rings. The average Bonchev–Trinajstić information content (AvgIpc) is 3.16. The van der Waals surface area contributed by atoms with Crippen molar-refractivity contribution in [1.29, 1.82) is 0 Å². The van der Waals surface area contributed by atoms with E-state index in [0.717, 1.165) is 16.4 Å². The number of nitrogens with one attached hydrogen (secondary N) is 1. The maximum atomic E-state index is 13.1. The van der Waals surface area contributed by atoms with Crippen molar-refractivity contribution in [3.63, 3.8) is 0 Å². The molecule has 0 bridgehead atoms. The number of carbonyl (C=O) groups excluding carboxylic acids is 1. The van der Waals surface area contributed by atoms with Crippen molar-refractivity contribution in [2.75, 3.05) is 18.4 Å². The van der Waals surface area contributed by atoms with Gasteiger partial charge in [-0.15, -0.1) is 0 Å². The SMILES string of the molecule is CC(C)(C)n1cc(NC(=O)C2CCN(S(=O)(=O)c3ccc(Cl)c(C(F)(F)F)c3)CC2)cn1. The molecule has 1 fully saturated rings. The van der Waals surface area contributed by atoms with Crippen LogP contribution in [0.15, 0.2) is 35.5 Å². The molecule has 12 heteroatoms. The summed E-state index contributed by atoms with van der Waals surface area (Å²) in [4.78, 5) is 12.1. The first-order valence-corrected chi connectivity index (χ1v) is 11.7. The number of hydrogen-bond donors (Lipinski definition) is 1. The zero-order valence-corrected chi connectivity index (χ0v) is 19.4. The monoisotopic (exact) mass is 492 g/mol. The number of aromatic nitrogens is 2. The second kappa shape index (κ2) is 8.68. The summed E-state index contributed by atoms with van der Waals surface area (Å²) in [5.74, 6) is -0.670. The van der Waals surface area contributed by atoms with E-state index in [0.29, 0.717) is 11.8 Å². The largest absolute Gasteiger partial charge is 0.417 e. The average molecular weight is 493 g/mol. The second-order valence-corrected chi connectivity index (χ2v) is 11.0. The molecule has 0 aliphatic carbocycles. The molecule has 1 N–H and O–H groups in total. The van der Waals surface area contributed by atoms with Gasteiger partial charge in [0.25, 0.3) is 0 Å². The third-order valence-corrected chi connectivity index (χ3v) is 7.47. The summed E-state index contributed by atoms with van der Waals surface area (Å²) in [6, 6.07) is 2.52. The summed E-state index contributed by atoms with van der Waals surface area (Å²) >= 11 is 5.58. The van der Waals surface area contributed by atoms with Gasteiger partial charge in [0.05, 0.1) is 32.9 Å². The van der Waals surface area contributed by atoms with Gasteiger partial charge in [-0.05, 0) is 51.8 Å². The minimum absolute atomic E-state index is 0.0195. The Bertz CT molecular complexity index is 1100. The van der Waals surface area contributed by atoms with Crippen molar-refractivity contribution in [3.8, 4) is 0 Å². The third-order valence-electron chi connectivity index (χ3n) is 5.24. The number of halogens is 4. The van der Waals surface area contributed by atoms with Crippen molar-refractivity contribution in [2.24, 2.45) is 5.92 Å². The molecule has 1 amide bonds. The molecule has 0 atom stereocenters. The number of alkyl halides is 3. The topological polar surface area (TPSA) is 84.3 Å². The van der Waals surface area contributed by atoms with Gasteiger partial charge in [0.15, 0.2) is 0 Å². The molecule has 32 heavy (non-hydrogen) atoms. The number of nitrogens with zero attached hydrogens (tertiary/aromatic N) is 3. The number of sulfonamides is 1. The van der Waals surface area contributed by atoms with Gasteiger partial charge in [0.2, 0.25) is 15.9 Å². The third kappa shape index (κ3) is 5.26. The predicted molar refractivity (Wildman–Crippen MR) is 114 cm³/mol. The van der Waals surface area contributed by atoms with Crippen LogP contribution in [0.3, 0.4) is 0 Å². The lowest BCUT2D eigenvalue weighted by atomic mass is 9.97. The van der Waals surface area contributed by atoms with Crippen LogP contribution in [-0.2, 0) is 26.5 Å². The van der Waals surface area contributed by atoms with Crippen LogP contribution in [-0.4, -0.2) is 41.5 Å². The van der Waals surface area contributed by atoms with Gasteiger partial charge in [0, 0.05) is 25.2 Å². The molecule has 2 heterocycles. The molecule has 7 nitrogen and oxygen atoms in total. The highest BCUT2D eigenvalue weighted by molar-refractivity contribution is 7.89. The highest BCUT2D eigenvalue weighted by atomic mass is 35.5. The number of anilines is 1. The van der Waals surface area contributed by atoms with Crippen molar-refractivity contribution in [2.45, 2.75) is 50.2 Å². The fourth-order valence-corrected chi connectivity index (χ4v) is 5.11. The van der Waals surface area contributed by atoms with Crippen molar-refractivity contribution < 1.29 is 26.4 Å². The maximum absolute atomic E-state index is 13.1. The van der Waals surface area contributed by atoms with E-state index in [9.17, 15) is 26.4 Å². The van der Waals surface area contributed by atoms with E-state index in [1.54, 1.807) is 17.1 Å². The fourth-order valence-electron chi connectivity index (χ4n) is 3.39. The highest BCUT2D eigenvalue weighted by Crippen LogP contribution is 2.37. The molecule has 1 aromatic heterocycles. The molecule has 1 saturated heterocycles. The van der Waals surface area contributed by atoms with E-state index in [2.05, 4.69) is 10.4 Å². The molecule has 0 radical (unpaired) electrons. The number of piperidine rings is 1. The van der Waals surface area contributed by atoms with Crippen LogP contribution in [0.25, 0.3) is 0 Å². The Balaban J connectivity index is 1.66. The Morgan fingerprint density at radius 2 is 1.81 bits per heavy atom. The van der Waals surface area contributed by atoms with E-state index in [1.807, 2.05) is 20.8 Å². The molecule has 0 unspecified atom stereocenters. The van der Waals surface area contributed by atoms with Crippen LogP contribution in [0.1, 0.15) is 39.2 Å². The zero-order valence-electron chi connectivity index (χ0n) is 17.8. The van der Waals surface area contributed by atoms with Gasteiger partial charge < -0.3 is 5.32 Å². The van der Waals surface area contributed by atoms with Crippen LogP contribution in [0.4, 0.5) is 18.9 Å². The summed E-state index contributed by atoms with van der Waals surface area (Å²) < 4.78 is 67.8. The number of amides is 1. The summed E-state index contributed by atoms with van der Waals surface area (Å²) in [6.45, 7) is 5.96. The molecular formula is C20H24ClF3N4O3S. The zero-order chi connectivity index (χ0) is 23.9. The molecule has 176 valence electrons. The maximum Gasteiger partial charge on any atom is 0.417 e. The van der Waals surface area contributed by atoms with Crippen molar-refractivity contribution in [1.82, 2.24) is 14.1 Å². The normalized spacial score (nSPS) is 16.8. The first-order chi connectivity index (χ1) is 14.7. The first kappa shape index (κ1) is 24.5. The van der Waals surface area contributed by atoms with Crippen molar-refractivity contribution in [3.05, 3.63) is 41.2 Å². The molecule has 1 aromatic carbocycles. The van der Waals surface area contributed by atoms with Crippen LogP contribution in [0.2, 0.25) is 5.02 Å². The van der Waals surface area contributed by atoms with Gasteiger partial charge in [-0.25, -0.2) is 8.42 Å². The second-order valence-electron chi connectivity index (χ2n) is 8.65. The van der Waals surface area contributed by atoms with E-state index >= 15 is 0 Å². The summed E-state index contributed by atoms with van der Waals surface area (Å²) in [5.41, 5.74) is -0.901. The minimum atomic E-state index is -4.77. The minimum Gasteiger partial charge on any atom is -0.323 e. The lowest BCUT2D eigenvalue weighted by molar-refractivity contribution is -0.137. The Kier molecular flexibility index (Phi) is 6.65. The molecule has 0 spiro atoms. The Morgan fingerprint density at radius 3 is 2.34 bits per heavy atom. The van der Waals surface area contributed by atoms with Crippen LogP contribution < -0.4 is 5.32 Å². The van der Waals surface area contributed by atoms with Crippen LogP contribution in [0, 0.1) is 5.92 Å². The van der Waals surface area contributed by atoms with E-state index in [1.165, 1.54) is 0 Å². The van der Waals surface area contributed by atoms with E-state index < -0.39 is 37.6 Å². The number of benzene rings is 1. The van der Waals surface area contributed by atoms with Gasteiger partial charge in [-0.1, -0.05) is 11.6 Å². The Labute approximate surface area is 189 Å². The van der Waals surface area contributed by atoms with Gasteiger partial charge in [-0.3, -0.25) is 9.48 Å². The molecule has 0 saturated carbocycles. The summed E-state index contributed by atoms with van der Waals surface area (Å²) in [7, 11) is -4.15. The van der Waals surface area contributed by atoms with Gasteiger partial charge in [-0.2, -0.15) is 22.6 Å². The fraction of sp³-hybridized carbons (Fsp3) is 0.500. The summed E-state index contributed by atoms with van der Waals surface area (Å²) in [5, 5.41) is 6.44. The standard InChI is InChI=1S/C20H24ClF3N4O3S/c1-19(2,3)28-12-14(11-25-28)26-18(29)13-6-8-27(9-7-13)32(30,31)15-4-5-17(21)16(10-15)20(22,23)24/h4-5,10-13H,6-9H2,1-3H3,(H,26,29). The number of hydrogen-bond acceptors (Lipinski definition) is 4. The number of carbonyl (C=O) groups is 1. The molecule has 1 aliphatic heterocycles. The predicted octanol–water partition coefficient (Wildman–Crippen LogP) is 4.35. The summed E-state index contributed by atoms with van der Waals surface area (Å²) in [6.07, 6.45) is -1.01. The van der Waals surface area contributed by atoms with E-state index in [-0.39, 0.29) is 37.4 Å². The van der Waals surface area contributed by atoms with E-state index in [4.69, 9.17) is 11.6 Å². The lowest BCUT2D eigenvalue weighted by Crippen LogP contribution is -2.41. The molecular weight excluding hydrogens is 469 g/mol. The number of rotatable bonds is 4. The van der Waals surface area contributed by atoms with Crippen molar-refractivity contribution >= 4 is 33.2 Å². The van der Waals surface area contributed by atoms with Crippen LogP contribution >= 0.6 is 11.6 Å². The lowest BCUT2D eigenvalue weighted by Gasteiger charge is -2.30. The quantitative estimate of drug-likeness (QED) is 0.687. The Morgan fingerprint density at radius 1 is 1.19 bits per heavy atom. The molecule has 2 aromatic rings. The molecule has 3 rings (SSSR count). The first-order valence-electron chi connectivity index (χ1n) is 9.92. The van der Waals surface area contributed by atoms with Gasteiger partial charge in [0.1, 0.15) is 0 Å². The highest BCUT2D eigenvalue weighted by Gasteiger charge is 2.37. The van der Waals surface area contributed by atoms with Crippen LogP contribution in [0.5, 0.6) is 0 Å². The smallest absolute Gasteiger partial charge is 0.323 e.